The minimum atomic E-state index is 0.595. The average molecular weight is 282 g/mol. The summed E-state index contributed by atoms with van der Waals surface area (Å²) >= 11 is 1.81. The molecule has 0 saturated heterocycles. The molecule has 19 heavy (non-hydrogen) atoms. The molecule has 0 saturated carbocycles. The van der Waals surface area contributed by atoms with E-state index in [9.17, 15) is 0 Å². The van der Waals surface area contributed by atoms with Crippen molar-refractivity contribution in [2.75, 3.05) is 6.54 Å². The van der Waals surface area contributed by atoms with Crippen LogP contribution in [0.15, 0.2) is 5.38 Å². The molecule has 0 radical (unpaired) electrons. The SMILES string of the molecule is CCCCC(CC)CC(Cc1nc(C)cs1)NCC. The molecule has 2 unspecified atom stereocenters. The topological polar surface area (TPSA) is 24.9 Å². The number of hydrogen-bond acceptors (Lipinski definition) is 3. The van der Waals surface area contributed by atoms with Crippen molar-refractivity contribution in [2.45, 2.75) is 72.3 Å². The normalized spacial score (nSPS) is 14.5. The maximum absolute atomic E-state index is 4.61. The van der Waals surface area contributed by atoms with Gasteiger partial charge in [-0.1, -0.05) is 46.5 Å². The molecule has 0 fully saturated rings. The Morgan fingerprint density at radius 1 is 1.32 bits per heavy atom. The second-order valence-corrected chi connectivity index (χ2v) is 6.44. The molecular formula is C16H30N2S. The number of hydrogen-bond donors (Lipinski definition) is 1. The standard InChI is InChI=1S/C16H30N2S/c1-5-8-9-14(6-2)10-15(17-7-3)11-16-18-13(4)12-19-16/h12,14-15,17H,5-11H2,1-4H3. The smallest absolute Gasteiger partial charge is 0.0943 e. The largest absolute Gasteiger partial charge is 0.314 e. The third kappa shape index (κ3) is 6.53. The third-order valence-corrected chi connectivity index (χ3v) is 4.73. The van der Waals surface area contributed by atoms with Crippen LogP contribution in [-0.2, 0) is 6.42 Å². The molecule has 0 aromatic carbocycles. The van der Waals surface area contributed by atoms with Gasteiger partial charge in [0.15, 0.2) is 0 Å². The lowest BCUT2D eigenvalue weighted by Gasteiger charge is -2.23. The maximum atomic E-state index is 4.61. The molecule has 1 aromatic heterocycles. The van der Waals surface area contributed by atoms with E-state index in [-0.39, 0.29) is 0 Å². The van der Waals surface area contributed by atoms with Gasteiger partial charge in [-0.25, -0.2) is 4.98 Å². The van der Waals surface area contributed by atoms with Crippen LogP contribution in [0.1, 0.15) is 63.6 Å². The predicted octanol–water partition coefficient (Wildman–Crippen LogP) is 4.58. The molecule has 0 bridgehead atoms. The first kappa shape index (κ1) is 16.6. The molecule has 0 amide bonds. The number of thiazole rings is 1. The first-order valence-electron chi connectivity index (χ1n) is 7.83. The molecule has 0 aliphatic heterocycles. The zero-order valence-corrected chi connectivity index (χ0v) is 13.9. The first-order chi connectivity index (χ1) is 9.19. The van der Waals surface area contributed by atoms with Gasteiger partial charge in [0, 0.05) is 23.5 Å². The summed E-state index contributed by atoms with van der Waals surface area (Å²) in [5.74, 6) is 0.866. The fourth-order valence-electron chi connectivity index (χ4n) is 2.62. The van der Waals surface area contributed by atoms with E-state index < -0.39 is 0 Å². The highest BCUT2D eigenvalue weighted by Gasteiger charge is 2.16. The summed E-state index contributed by atoms with van der Waals surface area (Å²) < 4.78 is 0. The highest BCUT2D eigenvalue weighted by molar-refractivity contribution is 7.09. The van der Waals surface area contributed by atoms with Gasteiger partial charge in [-0.3, -0.25) is 0 Å². The molecule has 1 aromatic rings. The van der Waals surface area contributed by atoms with Crippen molar-refractivity contribution < 1.29 is 0 Å². The van der Waals surface area contributed by atoms with Crippen molar-refractivity contribution in [1.82, 2.24) is 10.3 Å². The van der Waals surface area contributed by atoms with E-state index in [0.717, 1.165) is 24.6 Å². The fraction of sp³-hybridized carbons (Fsp3) is 0.812. The molecule has 1 rings (SSSR count). The number of likely N-dealkylation sites (N-methyl/N-ethyl adjacent to an activating group) is 1. The summed E-state index contributed by atoms with van der Waals surface area (Å²) in [6.07, 6.45) is 7.75. The number of rotatable bonds is 10. The summed E-state index contributed by atoms with van der Waals surface area (Å²) in [5.41, 5.74) is 1.16. The molecule has 3 heteroatoms. The van der Waals surface area contributed by atoms with Gasteiger partial charge in [0.05, 0.1) is 5.01 Å². The molecule has 2 nitrogen and oxygen atoms in total. The Bertz CT molecular complexity index is 335. The van der Waals surface area contributed by atoms with Crippen LogP contribution in [0.2, 0.25) is 0 Å². The van der Waals surface area contributed by atoms with Crippen LogP contribution in [0, 0.1) is 12.8 Å². The van der Waals surface area contributed by atoms with Gasteiger partial charge >= 0.3 is 0 Å². The van der Waals surface area contributed by atoms with Crippen molar-refractivity contribution in [1.29, 1.82) is 0 Å². The van der Waals surface area contributed by atoms with Gasteiger partial charge in [-0.2, -0.15) is 0 Å². The van der Waals surface area contributed by atoms with Crippen LogP contribution in [0.25, 0.3) is 0 Å². The summed E-state index contributed by atoms with van der Waals surface area (Å²) in [6, 6.07) is 0.595. The third-order valence-electron chi connectivity index (χ3n) is 3.74. The predicted molar refractivity (Wildman–Crippen MR) is 85.9 cm³/mol. The number of nitrogens with one attached hydrogen (secondary N) is 1. The Balaban J connectivity index is 2.50. The lowest BCUT2D eigenvalue weighted by molar-refractivity contribution is 0.350. The van der Waals surface area contributed by atoms with Gasteiger partial charge in [-0.15, -0.1) is 11.3 Å². The highest BCUT2D eigenvalue weighted by atomic mass is 32.1. The van der Waals surface area contributed by atoms with Crippen LogP contribution >= 0.6 is 11.3 Å². The molecule has 0 spiro atoms. The maximum Gasteiger partial charge on any atom is 0.0943 e. The van der Waals surface area contributed by atoms with Gasteiger partial charge in [0.2, 0.25) is 0 Å². The average Bonchev–Trinajstić information content (AvgIpc) is 2.80. The van der Waals surface area contributed by atoms with Crippen molar-refractivity contribution >= 4 is 11.3 Å². The minimum Gasteiger partial charge on any atom is -0.314 e. The van der Waals surface area contributed by atoms with Crippen molar-refractivity contribution in [2.24, 2.45) is 5.92 Å². The number of aryl methyl sites for hydroxylation is 1. The Hall–Kier alpha value is -0.410. The zero-order valence-electron chi connectivity index (χ0n) is 13.0. The number of nitrogens with zero attached hydrogens (tertiary/aromatic N) is 1. The minimum absolute atomic E-state index is 0.595. The monoisotopic (exact) mass is 282 g/mol. The number of unbranched alkanes of at least 4 members (excludes halogenated alkanes) is 1. The summed E-state index contributed by atoms with van der Waals surface area (Å²) in [4.78, 5) is 4.61. The Labute approximate surface area is 123 Å². The van der Waals surface area contributed by atoms with Crippen LogP contribution in [0.5, 0.6) is 0 Å². The lowest BCUT2D eigenvalue weighted by atomic mass is 9.91. The quantitative estimate of drug-likeness (QED) is 0.679. The van der Waals surface area contributed by atoms with E-state index in [0.29, 0.717) is 6.04 Å². The van der Waals surface area contributed by atoms with Crippen LogP contribution in [-0.4, -0.2) is 17.6 Å². The van der Waals surface area contributed by atoms with E-state index in [2.05, 4.69) is 43.4 Å². The Morgan fingerprint density at radius 3 is 2.63 bits per heavy atom. The second-order valence-electron chi connectivity index (χ2n) is 5.49. The summed E-state index contributed by atoms with van der Waals surface area (Å²) in [5, 5.41) is 7.09. The molecule has 110 valence electrons. The van der Waals surface area contributed by atoms with E-state index in [4.69, 9.17) is 0 Å². The van der Waals surface area contributed by atoms with Crippen molar-refractivity contribution in [3.05, 3.63) is 16.1 Å². The molecule has 0 aliphatic rings. The molecular weight excluding hydrogens is 252 g/mol. The van der Waals surface area contributed by atoms with E-state index in [1.165, 1.54) is 37.1 Å². The van der Waals surface area contributed by atoms with Crippen LogP contribution in [0.3, 0.4) is 0 Å². The second kappa shape index (κ2) is 9.49. The zero-order chi connectivity index (χ0) is 14.1. The van der Waals surface area contributed by atoms with Gasteiger partial charge in [0.25, 0.3) is 0 Å². The van der Waals surface area contributed by atoms with Gasteiger partial charge in [-0.05, 0) is 25.8 Å². The molecule has 2 atom stereocenters. The van der Waals surface area contributed by atoms with Crippen molar-refractivity contribution in [3.63, 3.8) is 0 Å². The highest BCUT2D eigenvalue weighted by Crippen LogP contribution is 2.21. The van der Waals surface area contributed by atoms with E-state index in [1.807, 2.05) is 0 Å². The summed E-state index contributed by atoms with van der Waals surface area (Å²) in [7, 11) is 0. The Kier molecular flexibility index (Phi) is 8.31. The fourth-order valence-corrected chi connectivity index (χ4v) is 3.47. The van der Waals surface area contributed by atoms with Crippen molar-refractivity contribution in [3.8, 4) is 0 Å². The lowest BCUT2D eigenvalue weighted by Crippen LogP contribution is -2.33. The van der Waals surface area contributed by atoms with Crippen LogP contribution < -0.4 is 5.32 Å². The van der Waals surface area contributed by atoms with E-state index in [1.54, 1.807) is 11.3 Å². The summed E-state index contributed by atoms with van der Waals surface area (Å²) in [6.45, 7) is 9.95. The Morgan fingerprint density at radius 2 is 2.11 bits per heavy atom. The van der Waals surface area contributed by atoms with Gasteiger partial charge < -0.3 is 5.32 Å². The van der Waals surface area contributed by atoms with E-state index >= 15 is 0 Å². The number of aromatic nitrogens is 1. The molecule has 0 aliphatic carbocycles. The first-order valence-corrected chi connectivity index (χ1v) is 8.71. The molecule has 1 N–H and O–H groups in total. The van der Waals surface area contributed by atoms with Gasteiger partial charge in [0.1, 0.15) is 0 Å². The van der Waals surface area contributed by atoms with Crippen LogP contribution in [0.4, 0.5) is 0 Å². The molecule has 1 heterocycles.